The van der Waals surface area contributed by atoms with Gasteiger partial charge in [0.2, 0.25) is 6.29 Å². The molecule has 0 unspecified atom stereocenters. The Hall–Kier alpha value is -0.510. The zero-order chi connectivity index (χ0) is 8.53. The van der Waals surface area contributed by atoms with Gasteiger partial charge >= 0.3 is 5.97 Å². The largest absolute Gasteiger partial charge is 0.465 e. The summed E-state index contributed by atoms with van der Waals surface area (Å²) in [5, 5.41) is 0. The van der Waals surface area contributed by atoms with Gasteiger partial charge in [0.05, 0.1) is 18.1 Å². The second kappa shape index (κ2) is 7.60. The van der Waals surface area contributed by atoms with Crippen molar-refractivity contribution >= 4 is 24.0 Å². The van der Waals surface area contributed by atoms with E-state index in [-0.39, 0.29) is 17.5 Å². The average molecular weight is 175 g/mol. The van der Waals surface area contributed by atoms with E-state index in [1.807, 2.05) is 6.92 Å². The van der Waals surface area contributed by atoms with E-state index in [1.54, 1.807) is 6.29 Å². The summed E-state index contributed by atoms with van der Waals surface area (Å²) in [7, 11) is 0. The fraction of sp³-hybridized carbons (Fsp3) is 0.714. The first-order valence-corrected chi connectivity index (χ1v) is 4.55. The van der Waals surface area contributed by atoms with Crippen LogP contribution in [0, 0.1) is 0 Å². The molecule has 0 aromatic rings. The van der Waals surface area contributed by atoms with Crippen LogP contribution in [0.2, 0.25) is 0 Å². The maximum absolute atomic E-state index is 10.7. The van der Waals surface area contributed by atoms with Gasteiger partial charge in [-0.3, -0.25) is 9.59 Å². The summed E-state index contributed by atoms with van der Waals surface area (Å²) >= 11 is 1.21. The van der Waals surface area contributed by atoms with Gasteiger partial charge in [-0.05, 0) is 6.42 Å². The molecule has 0 rings (SSSR count). The fourth-order valence-corrected chi connectivity index (χ4v) is 0.869. The average Bonchev–Trinajstić information content (AvgIpc) is 2.01. The van der Waals surface area contributed by atoms with E-state index in [0.29, 0.717) is 6.61 Å². The SMILES string of the molecule is CCCOC(=O)CSC[C]=O. The van der Waals surface area contributed by atoms with E-state index in [9.17, 15) is 9.59 Å². The number of hydrogen-bond donors (Lipinski definition) is 0. The molecular weight excluding hydrogens is 164 g/mol. The van der Waals surface area contributed by atoms with Crippen LogP contribution in [0.1, 0.15) is 13.3 Å². The molecule has 0 aliphatic carbocycles. The smallest absolute Gasteiger partial charge is 0.315 e. The van der Waals surface area contributed by atoms with Crippen LogP contribution in [0.5, 0.6) is 0 Å². The molecule has 0 spiro atoms. The van der Waals surface area contributed by atoms with Gasteiger partial charge in [0, 0.05) is 0 Å². The Labute approximate surface area is 70.5 Å². The van der Waals surface area contributed by atoms with Gasteiger partial charge in [0.25, 0.3) is 0 Å². The molecule has 0 fully saturated rings. The van der Waals surface area contributed by atoms with Crippen molar-refractivity contribution in [1.82, 2.24) is 0 Å². The predicted octanol–water partition coefficient (Wildman–Crippen LogP) is 0.782. The predicted molar refractivity (Wildman–Crippen MR) is 44.3 cm³/mol. The highest BCUT2D eigenvalue weighted by molar-refractivity contribution is 8.00. The lowest BCUT2D eigenvalue weighted by molar-refractivity contribution is -0.140. The number of rotatable bonds is 6. The lowest BCUT2D eigenvalue weighted by Gasteiger charge is -1.99. The molecule has 0 amide bonds. The van der Waals surface area contributed by atoms with E-state index in [4.69, 9.17) is 4.74 Å². The molecular formula is C7H11O3S. The van der Waals surface area contributed by atoms with Crippen LogP contribution in [-0.4, -0.2) is 30.4 Å². The lowest BCUT2D eigenvalue weighted by atomic mass is 10.5. The highest BCUT2D eigenvalue weighted by atomic mass is 32.2. The number of thioether (sulfide) groups is 1. The fourth-order valence-electron chi connectivity index (χ4n) is 0.434. The van der Waals surface area contributed by atoms with E-state index < -0.39 is 0 Å². The molecule has 1 radical (unpaired) electrons. The van der Waals surface area contributed by atoms with Crippen molar-refractivity contribution in [3.05, 3.63) is 0 Å². The molecule has 0 N–H and O–H groups in total. The summed E-state index contributed by atoms with van der Waals surface area (Å²) in [6.45, 7) is 2.39. The van der Waals surface area contributed by atoms with Crippen LogP contribution in [0.15, 0.2) is 0 Å². The topological polar surface area (TPSA) is 43.4 Å². The lowest BCUT2D eigenvalue weighted by Crippen LogP contribution is -2.08. The molecule has 0 saturated carbocycles. The van der Waals surface area contributed by atoms with Crippen molar-refractivity contribution in [2.45, 2.75) is 13.3 Å². The number of carbonyl (C=O) groups excluding carboxylic acids is 2. The molecule has 3 nitrogen and oxygen atoms in total. The van der Waals surface area contributed by atoms with Gasteiger partial charge in [0.15, 0.2) is 0 Å². The molecule has 0 aromatic heterocycles. The summed E-state index contributed by atoms with van der Waals surface area (Å²) in [5.74, 6) is 0.225. The maximum Gasteiger partial charge on any atom is 0.315 e. The van der Waals surface area contributed by atoms with E-state index >= 15 is 0 Å². The minimum atomic E-state index is -0.257. The van der Waals surface area contributed by atoms with Crippen LogP contribution in [-0.2, 0) is 14.3 Å². The van der Waals surface area contributed by atoms with Gasteiger partial charge in [-0.25, -0.2) is 0 Å². The Morgan fingerprint density at radius 1 is 1.64 bits per heavy atom. The Morgan fingerprint density at radius 2 is 2.36 bits per heavy atom. The Balaban J connectivity index is 3.15. The summed E-state index contributed by atoms with van der Waals surface area (Å²) in [4.78, 5) is 20.4. The van der Waals surface area contributed by atoms with Crippen LogP contribution >= 0.6 is 11.8 Å². The molecule has 11 heavy (non-hydrogen) atoms. The highest BCUT2D eigenvalue weighted by Crippen LogP contribution is 1.98. The van der Waals surface area contributed by atoms with Gasteiger partial charge in [-0.15, -0.1) is 11.8 Å². The number of carbonyl (C=O) groups is 1. The second-order valence-electron chi connectivity index (χ2n) is 1.86. The van der Waals surface area contributed by atoms with Crippen LogP contribution < -0.4 is 0 Å². The number of esters is 1. The molecule has 0 saturated heterocycles. The Kier molecular flexibility index (Phi) is 7.24. The van der Waals surface area contributed by atoms with E-state index in [2.05, 4.69) is 0 Å². The molecule has 0 heterocycles. The van der Waals surface area contributed by atoms with Crippen molar-refractivity contribution in [3.63, 3.8) is 0 Å². The molecule has 0 aliphatic rings. The van der Waals surface area contributed by atoms with Crippen molar-refractivity contribution < 1.29 is 14.3 Å². The quantitative estimate of drug-likeness (QED) is 0.442. The monoisotopic (exact) mass is 175 g/mol. The third-order valence-electron chi connectivity index (χ3n) is 0.848. The Morgan fingerprint density at radius 3 is 2.91 bits per heavy atom. The maximum atomic E-state index is 10.7. The summed E-state index contributed by atoms with van der Waals surface area (Å²) in [5.41, 5.74) is 0. The second-order valence-corrected chi connectivity index (χ2v) is 2.84. The molecule has 0 aliphatic heterocycles. The standard InChI is InChI=1S/C7H11O3S/c1-2-4-10-7(9)6-11-5-3-8/h2,4-6H2,1H3. The molecule has 63 valence electrons. The minimum absolute atomic E-state index is 0.237. The van der Waals surface area contributed by atoms with Gasteiger partial charge < -0.3 is 4.74 Å². The van der Waals surface area contributed by atoms with Crippen LogP contribution in [0.4, 0.5) is 0 Å². The van der Waals surface area contributed by atoms with Crippen molar-refractivity contribution in [3.8, 4) is 0 Å². The summed E-state index contributed by atoms with van der Waals surface area (Å²) in [6, 6.07) is 0. The first-order chi connectivity index (χ1) is 5.31. The van der Waals surface area contributed by atoms with E-state index in [0.717, 1.165) is 6.42 Å². The highest BCUT2D eigenvalue weighted by Gasteiger charge is 2.00. The zero-order valence-electron chi connectivity index (χ0n) is 6.46. The van der Waals surface area contributed by atoms with Crippen molar-refractivity contribution in [2.75, 3.05) is 18.1 Å². The third-order valence-corrected chi connectivity index (χ3v) is 1.61. The third kappa shape index (κ3) is 7.39. The number of hydrogen-bond acceptors (Lipinski definition) is 4. The van der Waals surface area contributed by atoms with Crippen LogP contribution in [0.3, 0.4) is 0 Å². The van der Waals surface area contributed by atoms with E-state index in [1.165, 1.54) is 11.8 Å². The minimum Gasteiger partial charge on any atom is -0.465 e. The summed E-state index contributed by atoms with van der Waals surface area (Å²) < 4.78 is 4.75. The zero-order valence-corrected chi connectivity index (χ0v) is 7.28. The molecule has 0 atom stereocenters. The normalized spacial score (nSPS) is 9.18. The molecule has 0 bridgehead atoms. The number of ether oxygens (including phenoxy) is 1. The summed E-state index contributed by atoms with van der Waals surface area (Å²) in [6.07, 6.45) is 2.51. The Bertz CT molecular complexity index is 125. The van der Waals surface area contributed by atoms with Crippen LogP contribution in [0.25, 0.3) is 0 Å². The van der Waals surface area contributed by atoms with Crippen molar-refractivity contribution in [2.24, 2.45) is 0 Å². The first-order valence-electron chi connectivity index (χ1n) is 3.39. The molecule has 4 heteroatoms. The molecule has 0 aromatic carbocycles. The van der Waals surface area contributed by atoms with Gasteiger partial charge in [-0.2, -0.15) is 0 Å². The van der Waals surface area contributed by atoms with Crippen molar-refractivity contribution in [1.29, 1.82) is 0 Å². The first kappa shape index (κ1) is 10.5. The van der Waals surface area contributed by atoms with Gasteiger partial charge in [0.1, 0.15) is 0 Å². The van der Waals surface area contributed by atoms with Gasteiger partial charge in [-0.1, -0.05) is 6.92 Å².